The number of imidazole rings is 1. The van der Waals surface area contributed by atoms with Gasteiger partial charge in [-0.05, 0) is 38.1 Å². The molecule has 6 heteroatoms. The number of rotatable bonds is 6. The van der Waals surface area contributed by atoms with E-state index in [0.29, 0.717) is 11.6 Å². The van der Waals surface area contributed by atoms with Gasteiger partial charge in [0.05, 0.1) is 12.9 Å². The number of nitrogens with one attached hydrogen (secondary N) is 1. The molecule has 1 heterocycles. The molecule has 1 N–H and O–H groups in total. The van der Waals surface area contributed by atoms with Crippen LogP contribution in [0.1, 0.15) is 19.9 Å². The topological polar surface area (TPSA) is 56.2 Å². The third-order valence-electron chi connectivity index (χ3n) is 3.07. The molecule has 2 aromatic rings. The highest BCUT2D eigenvalue weighted by molar-refractivity contribution is 6.30. The van der Waals surface area contributed by atoms with Crippen LogP contribution in [-0.4, -0.2) is 28.1 Å². The van der Waals surface area contributed by atoms with Crippen molar-refractivity contribution < 1.29 is 9.53 Å². The SMILES string of the molecule is C[C@@H](CNC(=O)[C@H](C)n1ccnc1)Oc1ccc(Cl)cc1. The number of nitrogens with zero attached hydrogens (tertiary/aromatic N) is 2. The lowest BCUT2D eigenvalue weighted by Crippen LogP contribution is -2.37. The van der Waals surface area contributed by atoms with Gasteiger partial charge >= 0.3 is 0 Å². The number of amides is 1. The number of aromatic nitrogens is 2. The Kier molecular flexibility index (Phi) is 5.22. The summed E-state index contributed by atoms with van der Waals surface area (Å²) < 4.78 is 7.45. The molecule has 0 saturated heterocycles. The third-order valence-corrected chi connectivity index (χ3v) is 3.32. The monoisotopic (exact) mass is 307 g/mol. The Morgan fingerprint density at radius 1 is 1.38 bits per heavy atom. The maximum atomic E-state index is 12.0. The predicted octanol–water partition coefficient (Wildman–Crippen LogP) is 2.68. The van der Waals surface area contributed by atoms with Gasteiger partial charge in [0.25, 0.3) is 0 Å². The molecule has 0 aliphatic rings. The van der Waals surface area contributed by atoms with Gasteiger partial charge in [-0.15, -0.1) is 0 Å². The van der Waals surface area contributed by atoms with E-state index >= 15 is 0 Å². The van der Waals surface area contributed by atoms with Gasteiger partial charge < -0.3 is 14.6 Å². The van der Waals surface area contributed by atoms with Crippen molar-refractivity contribution in [2.75, 3.05) is 6.54 Å². The van der Waals surface area contributed by atoms with Crippen LogP contribution in [0.25, 0.3) is 0 Å². The van der Waals surface area contributed by atoms with Crippen molar-refractivity contribution in [2.45, 2.75) is 26.0 Å². The molecule has 0 aliphatic heterocycles. The minimum atomic E-state index is -0.296. The smallest absolute Gasteiger partial charge is 0.242 e. The first-order valence-corrected chi connectivity index (χ1v) is 7.11. The standard InChI is InChI=1S/C15H18ClN3O2/c1-11(21-14-5-3-13(16)4-6-14)9-18-15(20)12(2)19-8-7-17-10-19/h3-8,10-12H,9H2,1-2H3,(H,18,20)/t11-,12-/m0/s1. The Morgan fingerprint density at radius 2 is 2.10 bits per heavy atom. The van der Waals surface area contributed by atoms with Crippen LogP contribution >= 0.6 is 11.6 Å². The first-order valence-electron chi connectivity index (χ1n) is 6.73. The van der Waals surface area contributed by atoms with Crippen LogP contribution in [0.4, 0.5) is 0 Å². The van der Waals surface area contributed by atoms with Crippen molar-refractivity contribution in [3.8, 4) is 5.75 Å². The van der Waals surface area contributed by atoms with E-state index in [4.69, 9.17) is 16.3 Å². The maximum Gasteiger partial charge on any atom is 0.242 e. The lowest BCUT2D eigenvalue weighted by molar-refractivity contribution is -0.124. The summed E-state index contributed by atoms with van der Waals surface area (Å²) in [6, 6.07) is 6.84. The van der Waals surface area contributed by atoms with Crippen molar-refractivity contribution in [1.29, 1.82) is 0 Å². The number of benzene rings is 1. The van der Waals surface area contributed by atoms with E-state index in [9.17, 15) is 4.79 Å². The lowest BCUT2D eigenvalue weighted by Gasteiger charge is -2.18. The van der Waals surface area contributed by atoms with E-state index in [1.165, 1.54) is 0 Å². The van der Waals surface area contributed by atoms with Gasteiger partial charge in [-0.25, -0.2) is 4.98 Å². The van der Waals surface area contributed by atoms with Crippen LogP contribution in [0.15, 0.2) is 43.0 Å². The normalized spacial score (nSPS) is 13.5. The van der Waals surface area contributed by atoms with Gasteiger partial charge in [0, 0.05) is 17.4 Å². The molecule has 21 heavy (non-hydrogen) atoms. The zero-order valence-corrected chi connectivity index (χ0v) is 12.7. The summed E-state index contributed by atoms with van der Waals surface area (Å²) in [5.41, 5.74) is 0. The molecule has 1 aromatic carbocycles. The second-order valence-corrected chi connectivity index (χ2v) is 5.25. The Labute approximate surface area is 128 Å². The van der Waals surface area contributed by atoms with Crippen molar-refractivity contribution in [3.05, 3.63) is 48.0 Å². The van der Waals surface area contributed by atoms with E-state index in [1.54, 1.807) is 47.6 Å². The molecule has 112 valence electrons. The number of hydrogen-bond acceptors (Lipinski definition) is 3. The van der Waals surface area contributed by atoms with Crippen LogP contribution in [0.2, 0.25) is 5.02 Å². The number of ether oxygens (including phenoxy) is 1. The zero-order valence-electron chi connectivity index (χ0n) is 12.0. The summed E-state index contributed by atoms with van der Waals surface area (Å²) in [6.07, 6.45) is 4.90. The first kappa shape index (κ1) is 15.4. The van der Waals surface area contributed by atoms with E-state index in [0.717, 1.165) is 5.75 Å². The van der Waals surface area contributed by atoms with Crippen molar-refractivity contribution in [3.63, 3.8) is 0 Å². The van der Waals surface area contributed by atoms with Gasteiger partial charge in [0.2, 0.25) is 5.91 Å². The van der Waals surface area contributed by atoms with Crippen molar-refractivity contribution in [1.82, 2.24) is 14.9 Å². The zero-order chi connectivity index (χ0) is 15.2. The fourth-order valence-corrected chi connectivity index (χ4v) is 1.94. The molecule has 0 bridgehead atoms. The highest BCUT2D eigenvalue weighted by Gasteiger charge is 2.15. The van der Waals surface area contributed by atoms with Crippen LogP contribution in [0.3, 0.4) is 0 Å². The fourth-order valence-electron chi connectivity index (χ4n) is 1.81. The third kappa shape index (κ3) is 4.49. The van der Waals surface area contributed by atoms with Gasteiger partial charge in [0.1, 0.15) is 17.9 Å². The highest BCUT2D eigenvalue weighted by atomic mass is 35.5. The van der Waals surface area contributed by atoms with Crippen LogP contribution < -0.4 is 10.1 Å². The lowest BCUT2D eigenvalue weighted by atomic mass is 10.3. The van der Waals surface area contributed by atoms with Gasteiger partial charge in [-0.1, -0.05) is 11.6 Å². The molecule has 5 nitrogen and oxygen atoms in total. The summed E-state index contributed by atoms with van der Waals surface area (Å²) in [6.45, 7) is 4.15. The summed E-state index contributed by atoms with van der Waals surface area (Å²) in [7, 11) is 0. The molecule has 0 unspecified atom stereocenters. The van der Waals surface area contributed by atoms with E-state index < -0.39 is 0 Å². The van der Waals surface area contributed by atoms with Crippen molar-refractivity contribution in [2.24, 2.45) is 0 Å². The molecule has 0 aliphatic carbocycles. The minimum Gasteiger partial charge on any atom is -0.489 e. The quantitative estimate of drug-likeness (QED) is 0.892. The molecule has 0 radical (unpaired) electrons. The van der Waals surface area contributed by atoms with Crippen LogP contribution in [0.5, 0.6) is 5.75 Å². The summed E-state index contributed by atoms with van der Waals surface area (Å²) >= 11 is 5.81. The van der Waals surface area contributed by atoms with Crippen molar-refractivity contribution >= 4 is 17.5 Å². The molecule has 0 saturated carbocycles. The minimum absolute atomic E-state index is 0.0699. The van der Waals surface area contributed by atoms with E-state index in [2.05, 4.69) is 10.3 Å². The average Bonchev–Trinajstić information content (AvgIpc) is 3.00. The summed E-state index contributed by atoms with van der Waals surface area (Å²) in [5, 5.41) is 3.53. The average molecular weight is 308 g/mol. The largest absolute Gasteiger partial charge is 0.489 e. The predicted molar refractivity (Wildman–Crippen MR) is 81.5 cm³/mol. The summed E-state index contributed by atoms with van der Waals surface area (Å²) in [4.78, 5) is 15.9. The molecule has 0 fully saturated rings. The molecule has 2 atom stereocenters. The number of halogens is 1. The molecule has 1 amide bonds. The van der Waals surface area contributed by atoms with E-state index in [1.807, 2.05) is 13.8 Å². The Morgan fingerprint density at radius 3 is 2.71 bits per heavy atom. The number of carbonyl (C=O) groups is 1. The second kappa shape index (κ2) is 7.13. The Balaban J connectivity index is 1.79. The van der Waals surface area contributed by atoms with E-state index in [-0.39, 0.29) is 18.1 Å². The summed E-state index contributed by atoms with van der Waals surface area (Å²) in [5.74, 6) is 0.656. The fraction of sp³-hybridized carbons (Fsp3) is 0.333. The number of carbonyl (C=O) groups excluding carboxylic acids is 1. The van der Waals surface area contributed by atoms with Gasteiger partial charge in [-0.3, -0.25) is 4.79 Å². The van der Waals surface area contributed by atoms with Gasteiger partial charge in [-0.2, -0.15) is 0 Å². The van der Waals surface area contributed by atoms with Crippen LogP contribution in [-0.2, 0) is 4.79 Å². The molecule has 0 spiro atoms. The Hall–Kier alpha value is -2.01. The van der Waals surface area contributed by atoms with Crippen LogP contribution in [0, 0.1) is 0 Å². The molecular weight excluding hydrogens is 290 g/mol. The number of hydrogen-bond donors (Lipinski definition) is 1. The molecule has 2 rings (SSSR count). The maximum absolute atomic E-state index is 12.0. The first-order chi connectivity index (χ1) is 10.1. The molecule has 1 aromatic heterocycles. The molecular formula is C15H18ClN3O2. The Bertz CT molecular complexity index is 569. The van der Waals surface area contributed by atoms with Gasteiger partial charge in [0.15, 0.2) is 0 Å². The highest BCUT2D eigenvalue weighted by Crippen LogP contribution is 2.16. The second-order valence-electron chi connectivity index (χ2n) is 4.81.